The predicted octanol–water partition coefficient (Wildman–Crippen LogP) is 5.99. The number of benzene rings is 3. The minimum Gasteiger partial charge on any atom is -0.503 e. The first-order chi connectivity index (χ1) is 16.0. The Hall–Kier alpha value is -3.84. The molecule has 1 N–H and O–H groups in total. The smallest absolute Gasteiger partial charge is 0.294 e. The number of furan rings is 1. The van der Waals surface area contributed by atoms with Crippen LogP contribution in [-0.4, -0.2) is 23.9 Å². The normalized spacial score (nSPS) is 16.0. The Kier molecular flexibility index (Phi) is 5.26. The van der Waals surface area contributed by atoms with Crippen molar-refractivity contribution < 1.29 is 23.8 Å². The lowest BCUT2D eigenvalue weighted by Gasteiger charge is -2.28. The molecular formula is C26H18BrNO5. The molecule has 1 aliphatic rings. The van der Waals surface area contributed by atoms with E-state index < -0.39 is 23.5 Å². The average Bonchev–Trinajstić information content (AvgIpc) is 3.37. The quantitative estimate of drug-likeness (QED) is 0.338. The SMILES string of the molecule is COc1ccccc1N1C(=O)C(O)=C(C(=O)c2cc3cc(Br)ccc3o2)C1c1ccccc1. The Balaban J connectivity index is 1.67. The summed E-state index contributed by atoms with van der Waals surface area (Å²) in [7, 11) is 1.50. The van der Waals surface area contributed by atoms with E-state index in [4.69, 9.17) is 9.15 Å². The number of fused-ring (bicyclic) bond motifs is 1. The zero-order valence-corrected chi connectivity index (χ0v) is 19.1. The van der Waals surface area contributed by atoms with Gasteiger partial charge < -0.3 is 14.3 Å². The molecule has 1 amide bonds. The van der Waals surface area contributed by atoms with E-state index in [9.17, 15) is 14.7 Å². The number of hydrogen-bond acceptors (Lipinski definition) is 5. The van der Waals surface area contributed by atoms with Crippen molar-refractivity contribution in [3.05, 3.63) is 106 Å². The number of rotatable bonds is 5. The van der Waals surface area contributed by atoms with Gasteiger partial charge in [-0.1, -0.05) is 58.4 Å². The lowest BCUT2D eigenvalue weighted by molar-refractivity contribution is -0.117. The first-order valence-electron chi connectivity index (χ1n) is 10.2. The summed E-state index contributed by atoms with van der Waals surface area (Å²) in [6.45, 7) is 0. The van der Waals surface area contributed by atoms with Crippen molar-refractivity contribution in [2.24, 2.45) is 0 Å². The lowest BCUT2D eigenvalue weighted by Crippen LogP contribution is -2.31. The number of aliphatic hydroxyl groups excluding tert-OH is 1. The second kappa shape index (κ2) is 8.26. The standard InChI is InChI=1S/C26H18BrNO5/c1-32-20-10-6-5-9-18(20)28-23(15-7-3-2-4-8-15)22(25(30)26(28)31)24(29)21-14-16-13-17(27)11-12-19(16)33-21/h2-14,23,30H,1H3. The molecule has 1 aromatic heterocycles. The van der Waals surface area contributed by atoms with Crippen LogP contribution in [0.2, 0.25) is 0 Å². The predicted molar refractivity (Wildman–Crippen MR) is 128 cm³/mol. The first-order valence-corrected chi connectivity index (χ1v) is 11.0. The van der Waals surface area contributed by atoms with Crippen molar-refractivity contribution in [2.75, 3.05) is 12.0 Å². The molecule has 0 aliphatic carbocycles. The van der Waals surface area contributed by atoms with Gasteiger partial charge in [0, 0.05) is 9.86 Å². The van der Waals surface area contributed by atoms with E-state index in [1.165, 1.54) is 12.0 Å². The number of para-hydroxylation sites is 2. The number of carbonyl (C=O) groups is 2. The van der Waals surface area contributed by atoms with Crippen molar-refractivity contribution in [3.8, 4) is 5.75 Å². The Morgan fingerprint density at radius 1 is 1.03 bits per heavy atom. The third-order valence-corrected chi connectivity index (χ3v) is 6.11. The molecule has 6 nitrogen and oxygen atoms in total. The van der Waals surface area contributed by atoms with Crippen LogP contribution >= 0.6 is 15.9 Å². The number of amides is 1. The van der Waals surface area contributed by atoms with Crippen molar-refractivity contribution >= 4 is 44.3 Å². The topological polar surface area (TPSA) is 80.0 Å². The van der Waals surface area contributed by atoms with Crippen LogP contribution in [0.5, 0.6) is 5.75 Å². The molecule has 0 radical (unpaired) electrons. The van der Waals surface area contributed by atoms with Gasteiger partial charge in [0.25, 0.3) is 5.91 Å². The third kappa shape index (κ3) is 3.50. The summed E-state index contributed by atoms with van der Waals surface area (Å²) in [5.74, 6) is -1.36. The van der Waals surface area contributed by atoms with Crippen LogP contribution in [0.15, 0.2) is 99.1 Å². The summed E-state index contributed by atoms with van der Waals surface area (Å²) < 4.78 is 12.1. The van der Waals surface area contributed by atoms with E-state index in [1.54, 1.807) is 36.4 Å². The van der Waals surface area contributed by atoms with Gasteiger partial charge in [-0.3, -0.25) is 14.5 Å². The van der Waals surface area contributed by atoms with E-state index in [-0.39, 0.29) is 11.3 Å². The second-order valence-electron chi connectivity index (χ2n) is 7.54. The zero-order chi connectivity index (χ0) is 23.1. The summed E-state index contributed by atoms with van der Waals surface area (Å²) in [4.78, 5) is 28.3. The van der Waals surface area contributed by atoms with Crippen LogP contribution in [0, 0.1) is 0 Å². The van der Waals surface area contributed by atoms with Crippen molar-refractivity contribution in [3.63, 3.8) is 0 Å². The van der Waals surface area contributed by atoms with Gasteiger partial charge in [0.2, 0.25) is 5.78 Å². The zero-order valence-electron chi connectivity index (χ0n) is 17.5. The monoisotopic (exact) mass is 503 g/mol. The van der Waals surface area contributed by atoms with Crippen LogP contribution in [0.25, 0.3) is 11.0 Å². The molecule has 7 heteroatoms. The number of aliphatic hydroxyl groups is 1. The Morgan fingerprint density at radius 3 is 2.52 bits per heavy atom. The van der Waals surface area contributed by atoms with Crippen molar-refractivity contribution in [1.82, 2.24) is 0 Å². The molecule has 164 valence electrons. The molecule has 0 bridgehead atoms. The van der Waals surface area contributed by atoms with Crippen LogP contribution in [0.4, 0.5) is 5.69 Å². The van der Waals surface area contributed by atoms with Crippen LogP contribution < -0.4 is 9.64 Å². The molecule has 0 fully saturated rings. The molecule has 2 heterocycles. The maximum Gasteiger partial charge on any atom is 0.294 e. The van der Waals surface area contributed by atoms with Gasteiger partial charge in [-0.2, -0.15) is 0 Å². The van der Waals surface area contributed by atoms with E-state index in [2.05, 4.69) is 15.9 Å². The summed E-state index contributed by atoms with van der Waals surface area (Å²) in [6, 6.07) is 22.2. The maximum atomic E-state index is 13.6. The fourth-order valence-corrected chi connectivity index (χ4v) is 4.50. The number of carbonyl (C=O) groups excluding carboxylic acids is 2. The summed E-state index contributed by atoms with van der Waals surface area (Å²) in [5, 5.41) is 11.6. The molecule has 1 atom stereocenters. The number of ether oxygens (including phenoxy) is 1. The van der Waals surface area contributed by atoms with Gasteiger partial charge in [-0.15, -0.1) is 0 Å². The maximum absolute atomic E-state index is 13.6. The fourth-order valence-electron chi connectivity index (χ4n) is 4.12. The van der Waals surface area contributed by atoms with Crippen molar-refractivity contribution in [2.45, 2.75) is 6.04 Å². The second-order valence-corrected chi connectivity index (χ2v) is 8.46. The van der Waals surface area contributed by atoms with Gasteiger partial charge in [-0.25, -0.2) is 0 Å². The van der Waals surface area contributed by atoms with Crippen LogP contribution in [-0.2, 0) is 4.79 Å². The molecule has 5 rings (SSSR count). The minimum absolute atomic E-state index is 0.0419. The molecule has 0 saturated heterocycles. The average molecular weight is 504 g/mol. The molecule has 0 saturated carbocycles. The van der Waals surface area contributed by atoms with Crippen molar-refractivity contribution in [1.29, 1.82) is 0 Å². The van der Waals surface area contributed by atoms with Gasteiger partial charge in [0.05, 0.1) is 24.4 Å². The number of methoxy groups -OCH3 is 1. The van der Waals surface area contributed by atoms with Gasteiger partial charge in [0.15, 0.2) is 11.5 Å². The number of nitrogens with zero attached hydrogens (tertiary/aromatic N) is 1. The Morgan fingerprint density at radius 2 is 1.76 bits per heavy atom. The lowest BCUT2D eigenvalue weighted by atomic mass is 9.94. The highest BCUT2D eigenvalue weighted by atomic mass is 79.9. The number of hydrogen-bond donors (Lipinski definition) is 1. The first kappa shape index (κ1) is 21.0. The van der Waals surface area contributed by atoms with E-state index >= 15 is 0 Å². The highest BCUT2D eigenvalue weighted by Gasteiger charge is 2.46. The molecule has 3 aromatic carbocycles. The Bertz CT molecular complexity index is 1420. The molecule has 0 spiro atoms. The molecular weight excluding hydrogens is 486 g/mol. The molecule has 33 heavy (non-hydrogen) atoms. The largest absolute Gasteiger partial charge is 0.503 e. The van der Waals surface area contributed by atoms with Gasteiger partial charge in [0.1, 0.15) is 11.3 Å². The number of Topliss-reactive ketones (excluding diaryl/α,β-unsaturated/α-hetero) is 1. The molecule has 4 aromatic rings. The Labute approximate surface area is 197 Å². The highest BCUT2D eigenvalue weighted by Crippen LogP contribution is 2.45. The number of ketones is 1. The number of halogens is 1. The van der Waals surface area contributed by atoms with E-state index in [0.717, 1.165) is 9.86 Å². The van der Waals surface area contributed by atoms with Gasteiger partial charge >= 0.3 is 0 Å². The van der Waals surface area contributed by atoms with E-state index in [1.807, 2.05) is 42.5 Å². The molecule has 1 aliphatic heterocycles. The fraction of sp³-hybridized carbons (Fsp3) is 0.0769. The van der Waals surface area contributed by atoms with Gasteiger partial charge in [-0.05, 0) is 42.0 Å². The third-order valence-electron chi connectivity index (χ3n) is 5.61. The number of anilines is 1. The van der Waals surface area contributed by atoms with Crippen LogP contribution in [0.3, 0.4) is 0 Å². The van der Waals surface area contributed by atoms with E-state index in [0.29, 0.717) is 22.6 Å². The molecule has 1 unspecified atom stereocenters. The highest BCUT2D eigenvalue weighted by molar-refractivity contribution is 9.10. The minimum atomic E-state index is -0.859. The summed E-state index contributed by atoms with van der Waals surface area (Å²) in [6.07, 6.45) is 0. The summed E-state index contributed by atoms with van der Waals surface area (Å²) >= 11 is 3.41. The summed E-state index contributed by atoms with van der Waals surface area (Å²) in [5.41, 5.74) is 1.60. The van der Waals surface area contributed by atoms with Crippen LogP contribution in [0.1, 0.15) is 22.2 Å².